The van der Waals surface area contributed by atoms with Crippen LogP contribution in [0.4, 0.5) is 0 Å². The summed E-state index contributed by atoms with van der Waals surface area (Å²) in [5.74, 6) is 0.953. The van der Waals surface area contributed by atoms with Crippen LogP contribution in [0.1, 0.15) is 19.4 Å². The van der Waals surface area contributed by atoms with Crippen molar-refractivity contribution in [3.8, 4) is 17.0 Å². The SMILES string of the molecule is COc1ccc(-c2cc(CN3CCNCC3)c(=O)n(CC(C)C)n2)cc1Cl. The fraction of sp³-hybridized carbons (Fsp3) is 0.500. The van der Waals surface area contributed by atoms with E-state index in [4.69, 9.17) is 16.3 Å². The molecule has 7 heteroatoms. The van der Waals surface area contributed by atoms with Crippen molar-refractivity contribution in [2.45, 2.75) is 26.9 Å². The molecule has 146 valence electrons. The van der Waals surface area contributed by atoms with Gasteiger partial charge < -0.3 is 10.1 Å². The van der Waals surface area contributed by atoms with Crippen LogP contribution in [0.2, 0.25) is 5.02 Å². The molecule has 0 amide bonds. The maximum atomic E-state index is 12.9. The van der Waals surface area contributed by atoms with Gasteiger partial charge in [0.15, 0.2) is 0 Å². The molecular weight excluding hydrogens is 364 g/mol. The number of halogens is 1. The van der Waals surface area contributed by atoms with E-state index in [2.05, 4.69) is 29.2 Å². The molecule has 0 radical (unpaired) electrons. The Hall–Kier alpha value is -1.89. The lowest BCUT2D eigenvalue weighted by Gasteiger charge is -2.27. The third kappa shape index (κ3) is 4.89. The smallest absolute Gasteiger partial charge is 0.271 e. The number of hydrogen-bond acceptors (Lipinski definition) is 5. The van der Waals surface area contributed by atoms with E-state index < -0.39 is 0 Å². The van der Waals surface area contributed by atoms with Crippen LogP contribution in [0.3, 0.4) is 0 Å². The van der Waals surface area contributed by atoms with Crippen LogP contribution in [0.25, 0.3) is 11.3 Å². The molecule has 0 aliphatic carbocycles. The zero-order valence-electron chi connectivity index (χ0n) is 16.2. The second-order valence-electron chi connectivity index (χ2n) is 7.31. The zero-order chi connectivity index (χ0) is 19.4. The predicted octanol–water partition coefficient (Wildman–Crippen LogP) is 2.63. The molecule has 2 aromatic rings. The lowest BCUT2D eigenvalue weighted by Crippen LogP contribution is -2.44. The lowest BCUT2D eigenvalue weighted by atomic mass is 10.1. The van der Waals surface area contributed by atoms with Gasteiger partial charge in [0.25, 0.3) is 5.56 Å². The van der Waals surface area contributed by atoms with E-state index in [-0.39, 0.29) is 5.56 Å². The van der Waals surface area contributed by atoms with Crippen molar-refractivity contribution in [1.29, 1.82) is 0 Å². The van der Waals surface area contributed by atoms with Crippen LogP contribution in [0.5, 0.6) is 5.75 Å². The summed E-state index contributed by atoms with van der Waals surface area (Å²) in [6.07, 6.45) is 0. The number of piperazine rings is 1. The average molecular weight is 391 g/mol. The highest BCUT2D eigenvalue weighted by Crippen LogP contribution is 2.29. The van der Waals surface area contributed by atoms with Gasteiger partial charge in [-0.3, -0.25) is 9.69 Å². The van der Waals surface area contributed by atoms with Crippen molar-refractivity contribution in [1.82, 2.24) is 20.0 Å². The number of aromatic nitrogens is 2. The maximum Gasteiger partial charge on any atom is 0.271 e. The van der Waals surface area contributed by atoms with Gasteiger partial charge in [0.05, 0.1) is 17.8 Å². The summed E-state index contributed by atoms with van der Waals surface area (Å²) in [4.78, 5) is 15.2. The Morgan fingerprint density at radius 1 is 1.26 bits per heavy atom. The Kier molecular flexibility index (Phi) is 6.52. The summed E-state index contributed by atoms with van der Waals surface area (Å²) in [7, 11) is 1.59. The van der Waals surface area contributed by atoms with Gasteiger partial charge in [-0.15, -0.1) is 0 Å². The minimum atomic E-state index is -0.00871. The van der Waals surface area contributed by atoms with E-state index in [0.29, 0.717) is 29.8 Å². The third-order valence-corrected chi connectivity index (χ3v) is 4.93. The van der Waals surface area contributed by atoms with E-state index in [0.717, 1.165) is 43.0 Å². The summed E-state index contributed by atoms with van der Waals surface area (Å²) in [6, 6.07) is 7.49. The monoisotopic (exact) mass is 390 g/mol. The van der Waals surface area contributed by atoms with Crippen molar-refractivity contribution in [3.05, 3.63) is 45.2 Å². The first-order chi connectivity index (χ1) is 13.0. The van der Waals surface area contributed by atoms with Gasteiger partial charge in [-0.2, -0.15) is 5.10 Å². The fourth-order valence-corrected chi connectivity index (χ4v) is 3.51. The van der Waals surface area contributed by atoms with Crippen molar-refractivity contribution in [2.24, 2.45) is 5.92 Å². The second-order valence-corrected chi connectivity index (χ2v) is 7.72. The van der Waals surface area contributed by atoms with Crippen molar-refractivity contribution in [3.63, 3.8) is 0 Å². The largest absolute Gasteiger partial charge is 0.495 e. The molecule has 1 aromatic carbocycles. The first-order valence-electron chi connectivity index (χ1n) is 9.36. The summed E-state index contributed by atoms with van der Waals surface area (Å²) >= 11 is 6.29. The molecule has 27 heavy (non-hydrogen) atoms. The second kappa shape index (κ2) is 8.87. The van der Waals surface area contributed by atoms with Gasteiger partial charge in [-0.1, -0.05) is 25.4 Å². The Bertz CT molecular complexity index is 844. The highest BCUT2D eigenvalue weighted by atomic mass is 35.5. The minimum absolute atomic E-state index is 0.00871. The van der Waals surface area contributed by atoms with Crippen molar-refractivity contribution < 1.29 is 4.74 Å². The summed E-state index contributed by atoms with van der Waals surface area (Å²) in [5.41, 5.74) is 2.39. The van der Waals surface area contributed by atoms with Gasteiger partial charge in [0.2, 0.25) is 0 Å². The number of methoxy groups -OCH3 is 1. The van der Waals surface area contributed by atoms with Gasteiger partial charge in [-0.05, 0) is 30.2 Å². The Balaban J connectivity index is 2.00. The molecular formula is C20H27ClN4O2. The van der Waals surface area contributed by atoms with E-state index in [9.17, 15) is 4.79 Å². The minimum Gasteiger partial charge on any atom is -0.495 e. The summed E-state index contributed by atoms with van der Waals surface area (Å²) in [5, 5.41) is 8.48. The molecule has 1 saturated heterocycles. The van der Waals surface area contributed by atoms with Gasteiger partial charge >= 0.3 is 0 Å². The maximum absolute atomic E-state index is 12.9. The molecule has 3 rings (SSSR count). The quantitative estimate of drug-likeness (QED) is 0.821. The Labute approximate surface area is 165 Å². The van der Waals surface area contributed by atoms with E-state index in [1.165, 1.54) is 0 Å². The number of benzene rings is 1. The number of rotatable bonds is 6. The first kappa shape index (κ1) is 19.9. The highest BCUT2D eigenvalue weighted by molar-refractivity contribution is 6.32. The Morgan fingerprint density at radius 3 is 2.63 bits per heavy atom. The third-order valence-electron chi connectivity index (χ3n) is 4.64. The molecule has 0 unspecified atom stereocenters. The van der Waals surface area contributed by atoms with Gasteiger partial charge in [0, 0.05) is 50.4 Å². The van der Waals surface area contributed by atoms with Crippen LogP contribution >= 0.6 is 11.6 Å². The van der Waals surface area contributed by atoms with Crippen molar-refractivity contribution in [2.75, 3.05) is 33.3 Å². The lowest BCUT2D eigenvalue weighted by molar-refractivity contribution is 0.231. The van der Waals surface area contributed by atoms with E-state index in [1.807, 2.05) is 24.3 Å². The zero-order valence-corrected chi connectivity index (χ0v) is 16.9. The number of ether oxygens (including phenoxy) is 1. The van der Waals surface area contributed by atoms with Gasteiger partial charge in [-0.25, -0.2) is 4.68 Å². The molecule has 0 bridgehead atoms. The van der Waals surface area contributed by atoms with Crippen LogP contribution in [-0.4, -0.2) is 48.0 Å². The molecule has 2 heterocycles. The van der Waals surface area contributed by atoms with Crippen LogP contribution in [-0.2, 0) is 13.1 Å². The number of nitrogens with zero attached hydrogens (tertiary/aromatic N) is 3. The topological polar surface area (TPSA) is 59.4 Å². The van der Waals surface area contributed by atoms with Crippen LogP contribution in [0.15, 0.2) is 29.1 Å². The predicted molar refractivity (Wildman–Crippen MR) is 108 cm³/mol. The number of hydrogen-bond donors (Lipinski definition) is 1. The molecule has 1 aromatic heterocycles. The molecule has 1 N–H and O–H groups in total. The van der Waals surface area contributed by atoms with E-state index >= 15 is 0 Å². The molecule has 1 aliphatic rings. The number of nitrogens with one attached hydrogen (secondary N) is 1. The highest BCUT2D eigenvalue weighted by Gasteiger charge is 2.16. The van der Waals surface area contributed by atoms with Crippen LogP contribution < -0.4 is 15.6 Å². The molecule has 0 saturated carbocycles. The fourth-order valence-electron chi connectivity index (χ4n) is 3.26. The summed E-state index contributed by atoms with van der Waals surface area (Å²) < 4.78 is 6.83. The first-order valence-corrected chi connectivity index (χ1v) is 9.73. The average Bonchev–Trinajstić information content (AvgIpc) is 2.65. The van der Waals surface area contributed by atoms with E-state index in [1.54, 1.807) is 11.8 Å². The molecule has 6 nitrogen and oxygen atoms in total. The standard InChI is InChI=1S/C20H27ClN4O2/c1-14(2)12-25-20(26)16(13-24-8-6-22-7-9-24)11-18(23-25)15-4-5-19(27-3)17(21)10-15/h4-5,10-11,14,22H,6-9,12-13H2,1-3H3. The summed E-state index contributed by atoms with van der Waals surface area (Å²) in [6.45, 7) is 9.18. The normalized spacial score (nSPS) is 15.3. The van der Waals surface area contributed by atoms with Gasteiger partial charge in [0.1, 0.15) is 5.75 Å². The molecule has 0 atom stereocenters. The van der Waals surface area contributed by atoms with Crippen molar-refractivity contribution >= 4 is 11.6 Å². The van der Waals surface area contributed by atoms with Crippen LogP contribution in [0, 0.1) is 5.92 Å². The Morgan fingerprint density at radius 2 is 2.00 bits per heavy atom. The molecule has 1 aliphatic heterocycles. The molecule has 0 spiro atoms. The molecule has 1 fully saturated rings.